The lowest BCUT2D eigenvalue weighted by atomic mass is 10.1. The lowest BCUT2D eigenvalue weighted by molar-refractivity contribution is 0.102. The van der Waals surface area contributed by atoms with Crippen molar-refractivity contribution in [3.8, 4) is 6.07 Å². The van der Waals surface area contributed by atoms with Crippen LogP contribution in [-0.4, -0.2) is 5.91 Å². The fraction of sp³-hybridized carbons (Fsp3) is 0.0667. The van der Waals surface area contributed by atoms with E-state index in [4.69, 9.17) is 22.6 Å². The Balaban J connectivity index is 2.33. The normalized spacial score (nSPS) is 10.0. The van der Waals surface area contributed by atoms with Crippen LogP contribution in [0.2, 0.25) is 5.02 Å². The van der Waals surface area contributed by atoms with Gasteiger partial charge in [0.2, 0.25) is 0 Å². The number of nitrogen functional groups attached to an aromatic ring is 1. The Bertz CT molecular complexity index is 768. The van der Waals surface area contributed by atoms with E-state index in [0.717, 1.165) is 0 Å². The summed E-state index contributed by atoms with van der Waals surface area (Å²) < 4.78 is 14.0. The number of nitrogens with two attached hydrogens (primary N) is 1. The molecule has 0 heterocycles. The Morgan fingerprint density at radius 2 is 2.10 bits per heavy atom. The zero-order valence-corrected chi connectivity index (χ0v) is 11.8. The second kappa shape index (κ2) is 5.81. The Morgan fingerprint density at radius 1 is 1.38 bits per heavy atom. The highest BCUT2D eigenvalue weighted by atomic mass is 35.5. The van der Waals surface area contributed by atoms with Crippen molar-refractivity contribution < 1.29 is 9.18 Å². The SMILES string of the molecule is Cc1cc(N)cc(C(=O)Nc2ccc(Cl)c(C#N)c2)c1F. The van der Waals surface area contributed by atoms with Gasteiger partial charge in [-0.2, -0.15) is 5.26 Å². The Labute approximate surface area is 125 Å². The topological polar surface area (TPSA) is 78.9 Å². The highest BCUT2D eigenvalue weighted by Gasteiger charge is 2.15. The molecule has 0 saturated heterocycles. The molecule has 0 bridgehead atoms. The van der Waals surface area contributed by atoms with Gasteiger partial charge in [-0.3, -0.25) is 4.79 Å². The number of rotatable bonds is 2. The van der Waals surface area contributed by atoms with E-state index in [2.05, 4.69) is 5.32 Å². The average Bonchev–Trinajstić information content (AvgIpc) is 2.44. The molecule has 0 aliphatic rings. The molecule has 0 aromatic heterocycles. The predicted octanol–water partition coefficient (Wildman–Crippen LogP) is 3.49. The van der Waals surface area contributed by atoms with Gasteiger partial charge in [-0.05, 0) is 42.8 Å². The number of nitrogens with one attached hydrogen (secondary N) is 1. The molecule has 0 spiro atoms. The van der Waals surface area contributed by atoms with Gasteiger partial charge in [-0.1, -0.05) is 11.6 Å². The maximum atomic E-state index is 14.0. The summed E-state index contributed by atoms with van der Waals surface area (Å²) in [6.07, 6.45) is 0. The molecule has 1 amide bonds. The second-order valence-electron chi connectivity index (χ2n) is 4.46. The largest absolute Gasteiger partial charge is 0.399 e. The van der Waals surface area contributed by atoms with Gasteiger partial charge in [-0.15, -0.1) is 0 Å². The first-order valence-electron chi connectivity index (χ1n) is 5.99. The molecule has 3 N–H and O–H groups in total. The molecular weight excluding hydrogens is 293 g/mol. The maximum absolute atomic E-state index is 14.0. The molecule has 2 aromatic carbocycles. The summed E-state index contributed by atoms with van der Waals surface area (Å²) in [5.74, 6) is -1.27. The molecule has 6 heteroatoms. The van der Waals surface area contributed by atoms with Gasteiger partial charge in [0.15, 0.2) is 0 Å². The van der Waals surface area contributed by atoms with Crippen LogP contribution in [0, 0.1) is 24.1 Å². The number of hydrogen-bond donors (Lipinski definition) is 2. The first-order valence-corrected chi connectivity index (χ1v) is 6.37. The number of anilines is 2. The van der Waals surface area contributed by atoms with E-state index < -0.39 is 11.7 Å². The molecule has 21 heavy (non-hydrogen) atoms. The quantitative estimate of drug-likeness (QED) is 0.833. The number of carbonyl (C=O) groups excluding carboxylic acids is 1. The van der Waals surface area contributed by atoms with Crippen molar-refractivity contribution in [2.45, 2.75) is 6.92 Å². The first-order chi connectivity index (χ1) is 9.92. The van der Waals surface area contributed by atoms with E-state index >= 15 is 0 Å². The van der Waals surface area contributed by atoms with Gasteiger partial charge in [0.1, 0.15) is 11.9 Å². The molecule has 0 aliphatic heterocycles. The molecule has 2 aromatic rings. The van der Waals surface area contributed by atoms with Crippen LogP contribution in [0.5, 0.6) is 0 Å². The van der Waals surface area contributed by atoms with Gasteiger partial charge in [0.05, 0.1) is 16.1 Å². The predicted molar refractivity (Wildman–Crippen MR) is 79.7 cm³/mol. The van der Waals surface area contributed by atoms with Crippen molar-refractivity contribution in [3.05, 3.63) is 57.9 Å². The van der Waals surface area contributed by atoms with E-state index in [0.29, 0.717) is 11.4 Å². The summed E-state index contributed by atoms with van der Waals surface area (Å²) >= 11 is 5.80. The zero-order valence-electron chi connectivity index (χ0n) is 11.1. The number of benzene rings is 2. The van der Waals surface area contributed by atoms with Crippen molar-refractivity contribution in [2.24, 2.45) is 0 Å². The van der Waals surface area contributed by atoms with Crippen molar-refractivity contribution >= 4 is 28.9 Å². The minimum atomic E-state index is -0.644. The molecule has 0 saturated carbocycles. The molecule has 0 radical (unpaired) electrons. The average molecular weight is 304 g/mol. The summed E-state index contributed by atoms with van der Waals surface area (Å²) in [4.78, 5) is 12.1. The van der Waals surface area contributed by atoms with E-state index in [1.165, 1.54) is 37.3 Å². The lowest BCUT2D eigenvalue weighted by Gasteiger charge is -2.09. The Hall–Kier alpha value is -2.58. The lowest BCUT2D eigenvalue weighted by Crippen LogP contribution is -2.15. The molecule has 0 fully saturated rings. The summed E-state index contributed by atoms with van der Waals surface area (Å²) in [6, 6.07) is 9.03. The van der Waals surface area contributed by atoms with Crippen LogP contribution in [0.1, 0.15) is 21.5 Å². The second-order valence-corrected chi connectivity index (χ2v) is 4.87. The van der Waals surface area contributed by atoms with Crippen LogP contribution in [0.4, 0.5) is 15.8 Å². The molecule has 0 atom stereocenters. The maximum Gasteiger partial charge on any atom is 0.258 e. The van der Waals surface area contributed by atoms with Gasteiger partial charge < -0.3 is 11.1 Å². The third-order valence-electron chi connectivity index (χ3n) is 2.87. The van der Waals surface area contributed by atoms with Crippen LogP contribution < -0.4 is 11.1 Å². The number of amides is 1. The van der Waals surface area contributed by atoms with E-state index in [1.807, 2.05) is 6.07 Å². The van der Waals surface area contributed by atoms with Crippen LogP contribution in [-0.2, 0) is 0 Å². The van der Waals surface area contributed by atoms with Crippen molar-refractivity contribution in [1.29, 1.82) is 5.26 Å². The third-order valence-corrected chi connectivity index (χ3v) is 3.20. The van der Waals surface area contributed by atoms with Crippen LogP contribution in [0.25, 0.3) is 0 Å². The van der Waals surface area contributed by atoms with Gasteiger partial charge in [0, 0.05) is 11.4 Å². The highest BCUT2D eigenvalue weighted by Crippen LogP contribution is 2.22. The van der Waals surface area contributed by atoms with Gasteiger partial charge in [-0.25, -0.2) is 4.39 Å². The van der Waals surface area contributed by atoms with E-state index in [-0.39, 0.29) is 21.7 Å². The molecule has 0 aliphatic carbocycles. The van der Waals surface area contributed by atoms with Crippen LogP contribution in [0.3, 0.4) is 0 Å². The molecule has 2 rings (SSSR count). The van der Waals surface area contributed by atoms with E-state index in [9.17, 15) is 9.18 Å². The fourth-order valence-corrected chi connectivity index (χ4v) is 2.01. The zero-order chi connectivity index (χ0) is 15.6. The molecule has 4 nitrogen and oxygen atoms in total. The summed E-state index contributed by atoms with van der Waals surface area (Å²) in [6.45, 7) is 1.53. The van der Waals surface area contributed by atoms with Gasteiger partial charge in [0.25, 0.3) is 5.91 Å². The number of nitriles is 1. The summed E-state index contributed by atoms with van der Waals surface area (Å²) in [5, 5.41) is 11.7. The minimum Gasteiger partial charge on any atom is -0.399 e. The number of nitrogens with zero attached hydrogens (tertiary/aromatic N) is 1. The Kier molecular flexibility index (Phi) is 4.10. The number of aryl methyl sites for hydroxylation is 1. The van der Waals surface area contributed by atoms with Crippen molar-refractivity contribution in [2.75, 3.05) is 11.1 Å². The van der Waals surface area contributed by atoms with E-state index in [1.54, 1.807) is 0 Å². The van der Waals surface area contributed by atoms with Crippen molar-refractivity contribution in [1.82, 2.24) is 0 Å². The Morgan fingerprint density at radius 3 is 2.76 bits per heavy atom. The molecule has 0 unspecified atom stereocenters. The molecular formula is C15H11ClFN3O. The third kappa shape index (κ3) is 3.12. The minimum absolute atomic E-state index is 0.152. The monoisotopic (exact) mass is 303 g/mol. The van der Waals surface area contributed by atoms with Crippen LogP contribution in [0.15, 0.2) is 30.3 Å². The van der Waals surface area contributed by atoms with Gasteiger partial charge >= 0.3 is 0 Å². The number of carbonyl (C=O) groups is 1. The number of hydrogen-bond acceptors (Lipinski definition) is 3. The molecule has 106 valence electrons. The fourth-order valence-electron chi connectivity index (χ4n) is 1.85. The van der Waals surface area contributed by atoms with Crippen molar-refractivity contribution in [3.63, 3.8) is 0 Å². The standard InChI is InChI=1S/C15H11ClFN3O/c1-8-4-10(19)6-12(14(8)17)15(21)20-11-2-3-13(16)9(5-11)7-18/h2-6H,19H2,1H3,(H,20,21). The summed E-state index contributed by atoms with van der Waals surface area (Å²) in [7, 11) is 0. The smallest absolute Gasteiger partial charge is 0.258 e. The summed E-state index contributed by atoms with van der Waals surface area (Å²) in [5.41, 5.74) is 6.62. The highest BCUT2D eigenvalue weighted by molar-refractivity contribution is 6.31. The first kappa shape index (κ1) is 14.8. The number of halogens is 2. The van der Waals surface area contributed by atoms with Crippen LogP contribution >= 0.6 is 11.6 Å².